The van der Waals surface area contributed by atoms with Crippen LogP contribution in [-0.4, -0.2) is 33.5 Å². The zero-order chi connectivity index (χ0) is 24.1. The zero-order valence-corrected chi connectivity index (χ0v) is 20.1. The molecule has 2 aromatic rings. The Balaban J connectivity index is 1.62. The molecule has 0 unspecified atom stereocenters. The van der Waals surface area contributed by atoms with Gasteiger partial charge in [-0.25, -0.2) is 9.79 Å². The van der Waals surface area contributed by atoms with Crippen molar-refractivity contribution in [2.45, 2.75) is 25.9 Å². The van der Waals surface area contributed by atoms with Crippen LogP contribution in [0.5, 0.6) is 0 Å². The summed E-state index contributed by atoms with van der Waals surface area (Å²) in [6.07, 6.45) is 3.30. The molecule has 1 atom stereocenters. The van der Waals surface area contributed by atoms with Gasteiger partial charge in [-0.05, 0) is 36.1 Å². The number of aromatic nitrogens is 1. The van der Waals surface area contributed by atoms with Gasteiger partial charge in [0, 0.05) is 16.9 Å². The van der Waals surface area contributed by atoms with Gasteiger partial charge in [0.2, 0.25) is 5.91 Å². The van der Waals surface area contributed by atoms with Gasteiger partial charge in [-0.1, -0.05) is 60.3 Å². The number of amidine groups is 1. The zero-order valence-electron chi connectivity index (χ0n) is 18.5. The molecule has 0 saturated heterocycles. The first kappa shape index (κ1) is 23.8. The number of pyridine rings is 1. The summed E-state index contributed by atoms with van der Waals surface area (Å²) in [5.74, 6) is -0.667. The van der Waals surface area contributed by atoms with E-state index in [-0.39, 0.29) is 18.9 Å². The number of carbonyl (C=O) groups excluding carboxylic acids is 2. The smallest absolute Gasteiger partial charge is 0.338 e. The predicted octanol–water partition coefficient (Wildman–Crippen LogP) is 4.75. The van der Waals surface area contributed by atoms with E-state index in [2.05, 4.69) is 21.9 Å². The molecule has 1 aromatic carbocycles. The number of nitrogens with zero attached hydrogens (tertiary/aromatic N) is 3. The molecule has 0 aliphatic carbocycles. The van der Waals surface area contributed by atoms with Gasteiger partial charge in [0.1, 0.15) is 6.61 Å². The third-order valence-electron chi connectivity index (χ3n) is 5.29. The van der Waals surface area contributed by atoms with Crippen molar-refractivity contribution in [1.82, 2.24) is 15.2 Å². The molecule has 7 nitrogen and oxygen atoms in total. The number of aliphatic imine (C=N–C) groups is 1. The lowest BCUT2D eigenvalue weighted by atomic mass is 9.93. The third-order valence-corrected chi connectivity index (χ3v) is 6.52. The van der Waals surface area contributed by atoms with Crippen LogP contribution in [-0.2, 0) is 20.9 Å². The molecule has 1 amide bonds. The molecule has 34 heavy (non-hydrogen) atoms. The monoisotopic (exact) mass is 494 g/mol. The quantitative estimate of drug-likeness (QED) is 0.421. The molecule has 4 rings (SSSR count). The van der Waals surface area contributed by atoms with Crippen LogP contribution in [0.3, 0.4) is 0 Å². The number of amides is 1. The van der Waals surface area contributed by atoms with Crippen LogP contribution in [0.25, 0.3) is 0 Å². The number of nitrogens with one attached hydrogen (secondary N) is 1. The van der Waals surface area contributed by atoms with E-state index < -0.39 is 12.0 Å². The predicted molar refractivity (Wildman–Crippen MR) is 134 cm³/mol. The maximum atomic E-state index is 13.1. The molecule has 0 spiro atoms. The number of thioether (sulfide) groups is 1. The van der Waals surface area contributed by atoms with Gasteiger partial charge < -0.3 is 15.0 Å². The summed E-state index contributed by atoms with van der Waals surface area (Å²) in [5.41, 5.74) is 3.14. The van der Waals surface area contributed by atoms with E-state index in [1.54, 1.807) is 19.2 Å². The molecule has 0 bridgehead atoms. The molecular formula is C25H23ClN4O3S. The average molecular weight is 495 g/mol. The maximum absolute atomic E-state index is 13.1. The number of esters is 1. The highest BCUT2D eigenvalue weighted by Crippen LogP contribution is 2.46. The Bertz CT molecular complexity index is 1210. The highest BCUT2D eigenvalue weighted by atomic mass is 35.5. The summed E-state index contributed by atoms with van der Waals surface area (Å²) in [4.78, 5) is 36.6. The fraction of sp³-hybridized carbons (Fsp3) is 0.200. The molecule has 1 aromatic heterocycles. The lowest BCUT2D eigenvalue weighted by Gasteiger charge is -2.36. The second kappa shape index (κ2) is 10.7. The Morgan fingerprint density at radius 3 is 2.79 bits per heavy atom. The third kappa shape index (κ3) is 5.08. The fourth-order valence-electron chi connectivity index (χ4n) is 3.75. The summed E-state index contributed by atoms with van der Waals surface area (Å²) in [6, 6.07) is 12.3. The van der Waals surface area contributed by atoms with Crippen molar-refractivity contribution in [3.8, 4) is 0 Å². The van der Waals surface area contributed by atoms with Crippen molar-refractivity contribution in [2.75, 3.05) is 6.61 Å². The van der Waals surface area contributed by atoms with E-state index in [0.717, 1.165) is 11.3 Å². The van der Waals surface area contributed by atoms with Crippen LogP contribution < -0.4 is 5.32 Å². The lowest BCUT2D eigenvalue weighted by Crippen LogP contribution is -2.38. The average Bonchev–Trinajstić information content (AvgIpc) is 3.23. The Labute approximate surface area is 207 Å². The Morgan fingerprint density at radius 2 is 2.06 bits per heavy atom. The summed E-state index contributed by atoms with van der Waals surface area (Å²) in [5, 5.41) is 5.96. The van der Waals surface area contributed by atoms with Gasteiger partial charge in [0.25, 0.3) is 0 Å². The first-order valence-corrected chi connectivity index (χ1v) is 11.9. The topological polar surface area (TPSA) is 83.9 Å². The SMILES string of the molecule is C=CCOC(=O)C1=C(C)N=C2SC=C(CC(=O)NCc3ccccn3)N2[C@H]1c1ccccc1Cl. The highest BCUT2D eigenvalue weighted by molar-refractivity contribution is 8.16. The first-order chi connectivity index (χ1) is 16.5. The minimum absolute atomic E-state index is 0.0782. The molecule has 9 heteroatoms. The molecule has 0 radical (unpaired) electrons. The number of benzene rings is 1. The van der Waals surface area contributed by atoms with Gasteiger partial charge in [-0.15, -0.1) is 0 Å². The first-order valence-electron chi connectivity index (χ1n) is 10.6. The Kier molecular flexibility index (Phi) is 7.49. The van der Waals surface area contributed by atoms with Crippen LogP contribution in [0.1, 0.15) is 30.6 Å². The van der Waals surface area contributed by atoms with Crippen molar-refractivity contribution in [2.24, 2.45) is 4.99 Å². The van der Waals surface area contributed by atoms with Crippen LogP contribution in [0.4, 0.5) is 0 Å². The van der Waals surface area contributed by atoms with E-state index in [9.17, 15) is 9.59 Å². The number of rotatable bonds is 8. The largest absolute Gasteiger partial charge is 0.458 e. The van der Waals surface area contributed by atoms with Gasteiger partial charge >= 0.3 is 5.97 Å². The van der Waals surface area contributed by atoms with Crippen molar-refractivity contribution in [3.05, 3.63) is 100.0 Å². The van der Waals surface area contributed by atoms with Crippen molar-refractivity contribution < 1.29 is 14.3 Å². The Hall–Kier alpha value is -3.36. The molecule has 1 N–H and O–H groups in total. The summed E-state index contributed by atoms with van der Waals surface area (Å²) >= 11 is 7.98. The molecular weight excluding hydrogens is 472 g/mol. The molecule has 0 fully saturated rings. The number of ether oxygens (including phenoxy) is 1. The summed E-state index contributed by atoms with van der Waals surface area (Å²) in [6.45, 7) is 5.79. The minimum atomic E-state index is -0.580. The van der Waals surface area contributed by atoms with Crippen molar-refractivity contribution in [1.29, 1.82) is 0 Å². The van der Waals surface area contributed by atoms with E-state index in [4.69, 9.17) is 16.3 Å². The van der Waals surface area contributed by atoms with Gasteiger partial charge in [-0.2, -0.15) is 0 Å². The number of halogens is 1. The molecule has 0 saturated carbocycles. The van der Waals surface area contributed by atoms with E-state index in [0.29, 0.717) is 33.7 Å². The molecule has 174 valence electrons. The minimum Gasteiger partial charge on any atom is -0.458 e. The second-order valence-electron chi connectivity index (χ2n) is 7.58. The number of allylic oxidation sites excluding steroid dienone is 1. The van der Waals surface area contributed by atoms with E-state index >= 15 is 0 Å². The van der Waals surface area contributed by atoms with Crippen LogP contribution in [0, 0.1) is 0 Å². The van der Waals surface area contributed by atoms with E-state index in [1.165, 1.54) is 17.8 Å². The van der Waals surface area contributed by atoms with Crippen LogP contribution in [0.2, 0.25) is 5.02 Å². The van der Waals surface area contributed by atoms with Crippen molar-refractivity contribution in [3.63, 3.8) is 0 Å². The second-order valence-corrected chi connectivity index (χ2v) is 8.82. The number of carbonyl (C=O) groups is 2. The Morgan fingerprint density at radius 1 is 1.26 bits per heavy atom. The summed E-state index contributed by atoms with van der Waals surface area (Å²) < 4.78 is 5.38. The van der Waals surface area contributed by atoms with Gasteiger partial charge in [0.15, 0.2) is 5.17 Å². The molecule has 3 heterocycles. The van der Waals surface area contributed by atoms with Crippen molar-refractivity contribution >= 4 is 40.4 Å². The number of hydrogen-bond donors (Lipinski definition) is 1. The normalized spacial score (nSPS) is 17.0. The summed E-state index contributed by atoms with van der Waals surface area (Å²) in [7, 11) is 0. The van der Waals surface area contributed by atoms with Gasteiger partial charge in [0.05, 0.1) is 36.0 Å². The standard InChI is InChI=1S/C25H23ClN4O3S/c1-3-12-33-24(32)22-16(2)29-25-30(23(22)19-9-4-5-10-20(19)26)18(15-34-25)13-21(31)28-14-17-8-6-7-11-27-17/h3-11,15,23H,1,12-14H2,2H3,(H,28,31)/t23-/m0/s1. The van der Waals surface area contributed by atoms with Crippen LogP contribution >= 0.6 is 23.4 Å². The van der Waals surface area contributed by atoms with Crippen LogP contribution in [0.15, 0.2) is 88.7 Å². The van der Waals surface area contributed by atoms with Gasteiger partial charge in [-0.3, -0.25) is 9.78 Å². The number of hydrogen-bond acceptors (Lipinski definition) is 7. The maximum Gasteiger partial charge on any atom is 0.338 e. The molecule has 2 aliphatic heterocycles. The number of fused-ring (bicyclic) bond motifs is 1. The lowest BCUT2D eigenvalue weighted by molar-refractivity contribution is -0.138. The molecule has 2 aliphatic rings. The highest BCUT2D eigenvalue weighted by Gasteiger charge is 2.41. The van der Waals surface area contributed by atoms with E-state index in [1.807, 2.05) is 46.7 Å². The fourth-order valence-corrected chi connectivity index (χ4v) is 4.96.